The molecule has 126 valence electrons. The van der Waals surface area contributed by atoms with Crippen LogP contribution in [-0.2, 0) is 4.79 Å². The highest BCUT2D eigenvalue weighted by Gasteiger charge is 2.43. The van der Waals surface area contributed by atoms with Gasteiger partial charge in [-0.3, -0.25) is 4.79 Å². The molecule has 1 aromatic rings. The molecule has 0 saturated heterocycles. The Morgan fingerprint density at radius 1 is 1.22 bits per heavy atom. The van der Waals surface area contributed by atoms with Gasteiger partial charge in [0.2, 0.25) is 5.91 Å². The van der Waals surface area contributed by atoms with Crippen LogP contribution >= 0.6 is 0 Å². The van der Waals surface area contributed by atoms with Crippen molar-refractivity contribution in [1.82, 2.24) is 5.32 Å². The van der Waals surface area contributed by atoms with E-state index in [0.717, 1.165) is 24.8 Å². The van der Waals surface area contributed by atoms with Crippen LogP contribution in [0, 0.1) is 17.8 Å². The van der Waals surface area contributed by atoms with Crippen molar-refractivity contribution >= 4 is 5.91 Å². The Labute approximate surface area is 133 Å². The number of benzene rings is 1. The van der Waals surface area contributed by atoms with Gasteiger partial charge in [-0.1, -0.05) is 18.6 Å². The molecule has 0 aliphatic heterocycles. The standard InChI is InChI=1S/C17H20F3NO2/c1-10(12-4-6-14(7-5-12)23-17(18,19)20)21-16(22)15-9-11-2-3-13(15)8-11/h4-7,10-11,13,15H,2-3,8-9H2,1H3,(H,21,22)/t10-,11-,13-,15+/m0/s1. The summed E-state index contributed by atoms with van der Waals surface area (Å²) in [5, 5.41) is 2.99. The summed E-state index contributed by atoms with van der Waals surface area (Å²) in [5.74, 6) is 1.12. The van der Waals surface area contributed by atoms with Crippen molar-refractivity contribution in [2.75, 3.05) is 0 Å². The van der Waals surface area contributed by atoms with Gasteiger partial charge in [0.25, 0.3) is 0 Å². The molecule has 0 spiro atoms. The van der Waals surface area contributed by atoms with E-state index in [-0.39, 0.29) is 23.6 Å². The Kier molecular flexibility index (Phi) is 4.25. The van der Waals surface area contributed by atoms with Gasteiger partial charge in [-0.2, -0.15) is 0 Å². The molecular formula is C17H20F3NO2. The summed E-state index contributed by atoms with van der Waals surface area (Å²) < 4.78 is 40.3. The highest BCUT2D eigenvalue weighted by atomic mass is 19.4. The lowest BCUT2D eigenvalue weighted by Crippen LogP contribution is -2.35. The lowest BCUT2D eigenvalue weighted by Gasteiger charge is -2.23. The molecule has 0 aromatic heterocycles. The second kappa shape index (κ2) is 6.06. The lowest BCUT2D eigenvalue weighted by molar-refractivity contribution is -0.274. The molecule has 2 fully saturated rings. The fourth-order valence-electron chi connectivity index (χ4n) is 3.93. The molecule has 1 N–H and O–H groups in total. The molecule has 3 nitrogen and oxygen atoms in total. The van der Waals surface area contributed by atoms with E-state index < -0.39 is 6.36 Å². The first-order valence-electron chi connectivity index (χ1n) is 7.98. The predicted molar refractivity (Wildman–Crippen MR) is 78.6 cm³/mol. The minimum atomic E-state index is -4.69. The third-order valence-electron chi connectivity index (χ3n) is 5.05. The summed E-state index contributed by atoms with van der Waals surface area (Å²) in [6.45, 7) is 1.84. The van der Waals surface area contributed by atoms with Crippen LogP contribution in [0.25, 0.3) is 0 Å². The fourth-order valence-corrected chi connectivity index (χ4v) is 3.93. The van der Waals surface area contributed by atoms with E-state index in [9.17, 15) is 18.0 Å². The van der Waals surface area contributed by atoms with Gasteiger partial charge < -0.3 is 10.1 Å². The van der Waals surface area contributed by atoms with Crippen molar-refractivity contribution < 1.29 is 22.7 Å². The quantitative estimate of drug-likeness (QED) is 0.900. The van der Waals surface area contributed by atoms with Crippen LogP contribution < -0.4 is 10.1 Å². The Morgan fingerprint density at radius 3 is 2.43 bits per heavy atom. The van der Waals surface area contributed by atoms with Gasteiger partial charge in [0.05, 0.1) is 6.04 Å². The molecule has 3 rings (SSSR count). The van der Waals surface area contributed by atoms with E-state index in [1.165, 1.54) is 18.6 Å². The Morgan fingerprint density at radius 2 is 1.91 bits per heavy atom. The number of halogens is 3. The molecule has 4 atom stereocenters. The predicted octanol–water partition coefficient (Wildman–Crippen LogP) is 4.20. The minimum absolute atomic E-state index is 0.0697. The van der Waals surface area contributed by atoms with Crippen LogP contribution in [0.15, 0.2) is 24.3 Å². The van der Waals surface area contributed by atoms with Crippen LogP contribution in [0.4, 0.5) is 13.2 Å². The average molecular weight is 327 g/mol. The van der Waals surface area contributed by atoms with Crippen LogP contribution in [0.3, 0.4) is 0 Å². The maximum Gasteiger partial charge on any atom is 0.573 e. The minimum Gasteiger partial charge on any atom is -0.406 e. The van der Waals surface area contributed by atoms with Gasteiger partial charge in [-0.05, 0) is 55.7 Å². The summed E-state index contributed by atoms with van der Waals surface area (Å²) in [5.41, 5.74) is 0.760. The van der Waals surface area contributed by atoms with Crippen molar-refractivity contribution in [1.29, 1.82) is 0 Å². The first kappa shape index (κ1) is 16.1. The largest absolute Gasteiger partial charge is 0.573 e. The smallest absolute Gasteiger partial charge is 0.406 e. The van der Waals surface area contributed by atoms with E-state index in [1.807, 2.05) is 6.92 Å². The molecular weight excluding hydrogens is 307 g/mol. The van der Waals surface area contributed by atoms with Gasteiger partial charge in [0, 0.05) is 5.92 Å². The first-order valence-corrected chi connectivity index (χ1v) is 7.98. The lowest BCUT2D eigenvalue weighted by atomic mass is 9.88. The Hall–Kier alpha value is -1.72. The number of nitrogens with one attached hydrogen (secondary N) is 1. The topological polar surface area (TPSA) is 38.3 Å². The number of rotatable bonds is 4. The molecule has 2 saturated carbocycles. The van der Waals surface area contributed by atoms with Crippen LogP contribution in [0.2, 0.25) is 0 Å². The summed E-state index contributed by atoms with van der Waals surface area (Å²) in [7, 11) is 0. The zero-order valence-corrected chi connectivity index (χ0v) is 12.9. The number of carbonyl (C=O) groups excluding carboxylic acids is 1. The molecule has 2 aliphatic rings. The van der Waals surface area contributed by atoms with Gasteiger partial charge in [-0.25, -0.2) is 0 Å². The van der Waals surface area contributed by atoms with Crippen LogP contribution in [0.5, 0.6) is 5.75 Å². The van der Waals surface area contributed by atoms with E-state index in [1.54, 1.807) is 12.1 Å². The van der Waals surface area contributed by atoms with E-state index in [0.29, 0.717) is 11.8 Å². The second-order valence-corrected chi connectivity index (χ2v) is 6.63. The molecule has 1 amide bonds. The summed E-state index contributed by atoms with van der Waals surface area (Å²) in [6, 6.07) is 5.40. The SMILES string of the molecule is C[C@H](NC(=O)[C@@H]1C[C@H]2CC[C@H]1C2)c1ccc(OC(F)(F)F)cc1. The number of fused-ring (bicyclic) bond motifs is 2. The van der Waals surface area contributed by atoms with Crippen molar-refractivity contribution in [2.24, 2.45) is 17.8 Å². The molecule has 2 aliphatic carbocycles. The van der Waals surface area contributed by atoms with Gasteiger partial charge in [0.15, 0.2) is 0 Å². The number of ether oxygens (including phenoxy) is 1. The van der Waals surface area contributed by atoms with Crippen molar-refractivity contribution in [3.05, 3.63) is 29.8 Å². The molecule has 2 bridgehead atoms. The maximum absolute atomic E-state index is 12.4. The monoisotopic (exact) mass is 327 g/mol. The average Bonchev–Trinajstić information content (AvgIpc) is 3.08. The van der Waals surface area contributed by atoms with E-state index >= 15 is 0 Å². The van der Waals surface area contributed by atoms with Gasteiger partial charge in [0.1, 0.15) is 5.75 Å². The summed E-state index contributed by atoms with van der Waals surface area (Å²) in [4.78, 5) is 12.4. The molecule has 1 aromatic carbocycles. The van der Waals surface area contributed by atoms with Gasteiger partial charge >= 0.3 is 6.36 Å². The highest BCUT2D eigenvalue weighted by Crippen LogP contribution is 2.48. The summed E-state index contributed by atoms with van der Waals surface area (Å²) >= 11 is 0. The molecule has 0 radical (unpaired) electrons. The summed E-state index contributed by atoms with van der Waals surface area (Å²) in [6.07, 6.45) is -0.175. The van der Waals surface area contributed by atoms with E-state index in [2.05, 4.69) is 10.1 Å². The number of hydrogen-bond acceptors (Lipinski definition) is 2. The number of carbonyl (C=O) groups is 1. The maximum atomic E-state index is 12.4. The second-order valence-electron chi connectivity index (χ2n) is 6.63. The molecule has 0 heterocycles. The normalized spacial score (nSPS) is 27.7. The first-order chi connectivity index (χ1) is 10.8. The zero-order valence-electron chi connectivity index (χ0n) is 12.9. The Balaban J connectivity index is 1.57. The third kappa shape index (κ3) is 3.79. The Bertz CT molecular complexity index is 570. The highest BCUT2D eigenvalue weighted by molar-refractivity contribution is 5.80. The molecule has 6 heteroatoms. The number of hydrogen-bond donors (Lipinski definition) is 1. The fraction of sp³-hybridized carbons (Fsp3) is 0.588. The van der Waals surface area contributed by atoms with Gasteiger partial charge in [-0.15, -0.1) is 13.2 Å². The van der Waals surface area contributed by atoms with Crippen molar-refractivity contribution in [2.45, 2.75) is 45.0 Å². The van der Waals surface area contributed by atoms with Crippen LogP contribution in [-0.4, -0.2) is 12.3 Å². The molecule has 23 heavy (non-hydrogen) atoms. The third-order valence-corrected chi connectivity index (χ3v) is 5.05. The zero-order chi connectivity index (χ0) is 16.6. The molecule has 0 unspecified atom stereocenters. The van der Waals surface area contributed by atoms with Crippen molar-refractivity contribution in [3.63, 3.8) is 0 Å². The van der Waals surface area contributed by atoms with Crippen LogP contribution in [0.1, 0.15) is 44.2 Å². The van der Waals surface area contributed by atoms with E-state index in [4.69, 9.17) is 0 Å². The number of amides is 1. The van der Waals surface area contributed by atoms with Crippen molar-refractivity contribution in [3.8, 4) is 5.75 Å². The number of alkyl halides is 3.